The number of hydrogen-bond donors (Lipinski definition) is 1. The minimum Gasteiger partial charge on any atom is -0.379 e. The molecule has 0 spiro atoms. The van der Waals surface area contributed by atoms with Gasteiger partial charge in [-0.25, -0.2) is 4.98 Å². The van der Waals surface area contributed by atoms with Gasteiger partial charge in [0, 0.05) is 43.9 Å². The zero-order chi connectivity index (χ0) is 17.6. The number of thiocarbonyl (C=S) groups is 1. The van der Waals surface area contributed by atoms with Crippen LogP contribution in [0.2, 0.25) is 0 Å². The first-order valence-electron chi connectivity index (χ1n) is 8.10. The lowest BCUT2D eigenvalue weighted by Crippen LogP contribution is -2.43. The third-order valence-corrected chi connectivity index (χ3v) is 4.93. The van der Waals surface area contributed by atoms with Gasteiger partial charge in [0.25, 0.3) is 0 Å². The molecule has 2 aromatic heterocycles. The second-order valence-electron chi connectivity index (χ2n) is 5.81. The van der Waals surface area contributed by atoms with Crippen molar-refractivity contribution in [3.8, 4) is 0 Å². The second-order valence-corrected chi connectivity index (χ2v) is 7.11. The van der Waals surface area contributed by atoms with Crippen molar-refractivity contribution in [2.45, 2.75) is 0 Å². The lowest BCUT2D eigenvalue weighted by atomic mass is 10.4. The smallest absolute Gasteiger partial charge is 0.189 e. The number of pyridine rings is 1. The van der Waals surface area contributed by atoms with E-state index >= 15 is 0 Å². The van der Waals surface area contributed by atoms with Crippen LogP contribution in [0.3, 0.4) is 0 Å². The summed E-state index contributed by atoms with van der Waals surface area (Å²) in [6.45, 7) is 5.40. The van der Waals surface area contributed by atoms with E-state index in [9.17, 15) is 0 Å². The molecule has 0 radical (unpaired) electrons. The third-order valence-electron chi connectivity index (χ3n) is 4.06. The average molecular weight is 425 g/mol. The number of halogens is 1. The van der Waals surface area contributed by atoms with Crippen LogP contribution in [-0.2, 0) is 4.74 Å². The van der Waals surface area contributed by atoms with Crippen LogP contribution in [0, 0.1) is 0 Å². The number of imidazole rings is 1. The molecule has 2 aromatic rings. The molecule has 1 saturated heterocycles. The predicted molar refractivity (Wildman–Crippen MR) is 106 cm³/mol. The fourth-order valence-corrected chi connectivity index (χ4v) is 3.01. The van der Waals surface area contributed by atoms with Gasteiger partial charge in [-0.3, -0.25) is 14.7 Å². The largest absolute Gasteiger partial charge is 0.379 e. The maximum Gasteiger partial charge on any atom is 0.189 e. The Kier molecular flexibility index (Phi) is 6.35. The molecule has 7 nitrogen and oxygen atoms in total. The Balaban J connectivity index is 1.50. The molecule has 0 saturated carbocycles. The molecule has 1 aliphatic rings. The molecule has 25 heavy (non-hydrogen) atoms. The van der Waals surface area contributed by atoms with E-state index in [1.807, 2.05) is 34.7 Å². The van der Waals surface area contributed by atoms with Gasteiger partial charge in [0.05, 0.1) is 31.3 Å². The second kappa shape index (κ2) is 8.70. The van der Waals surface area contributed by atoms with Crippen molar-refractivity contribution in [1.29, 1.82) is 0 Å². The summed E-state index contributed by atoms with van der Waals surface area (Å²) < 4.78 is 8.30. The van der Waals surface area contributed by atoms with E-state index in [1.54, 1.807) is 12.4 Å². The molecular weight excluding hydrogens is 404 g/mol. The van der Waals surface area contributed by atoms with E-state index in [2.05, 4.69) is 36.3 Å². The number of hydrazone groups is 1. The monoisotopic (exact) mass is 424 g/mol. The summed E-state index contributed by atoms with van der Waals surface area (Å²) >= 11 is 8.85. The summed E-state index contributed by atoms with van der Waals surface area (Å²) in [4.78, 5) is 8.71. The molecule has 134 valence electrons. The van der Waals surface area contributed by atoms with Gasteiger partial charge < -0.3 is 9.64 Å². The number of ether oxygens (including phenoxy) is 1. The number of hydrogen-bond acceptors (Lipinski definition) is 5. The van der Waals surface area contributed by atoms with Gasteiger partial charge in [-0.2, -0.15) is 5.10 Å². The standard InChI is InChI=1S/C16H21BrN6OS/c1-21(4-5-22-6-8-24-9-7-22)16(25)20-19-11-14-10-18-15-3-2-13(17)12-23(14)15/h2-3,10-12H,4-9H2,1H3,(H,20,25). The number of fused-ring (bicyclic) bond motifs is 1. The Morgan fingerprint density at radius 3 is 3.08 bits per heavy atom. The Labute approximate surface area is 160 Å². The lowest BCUT2D eigenvalue weighted by molar-refractivity contribution is 0.0365. The fraction of sp³-hybridized carbons (Fsp3) is 0.438. The van der Waals surface area contributed by atoms with E-state index in [0.717, 1.165) is 55.2 Å². The third kappa shape index (κ3) is 4.97. The Bertz CT molecular complexity index is 758. The zero-order valence-electron chi connectivity index (χ0n) is 14.1. The van der Waals surface area contributed by atoms with Crippen molar-refractivity contribution in [1.82, 2.24) is 24.6 Å². The quantitative estimate of drug-likeness (QED) is 0.446. The van der Waals surface area contributed by atoms with E-state index in [4.69, 9.17) is 17.0 Å². The maximum atomic E-state index is 5.38. The number of likely N-dealkylation sites (N-methyl/N-ethyl adjacent to an activating group) is 1. The molecule has 1 aliphatic heterocycles. The summed E-state index contributed by atoms with van der Waals surface area (Å²) in [6, 6.07) is 3.90. The number of nitrogens with zero attached hydrogens (tertiary/aromatic N) is 5. The van der Waals surface area contributed by atoms with Gasteiger partial charge in [0.15, 0.2) is 5.11 Å². The zero-order valence-corrected chi connectivity index (χ0v) is 16.5. The predicted octanol–water partition coefficient (Wildman–Crippen LogP) is 1.57. The van der Waals surface area contributed by atoms with Crippen molar-refractivity contribution in [2.24, 2.45) is 5.10 Å². The molecule has 0 atom stereocenters. The highest BCUT2D eigenvalue weighted by molar-refractivity contribution is 9.10. The van der Waals surface area contributed by atoms with E-state index in [0.29, 0.717) is 5.11 Å². The van der Waals surface area contributed by atoms with Crippen molar-refractivity contribution in [3.05, 3.63) is 34.7 Å². The number of morpholine rings is 1. The summed E-state index contributed by atoms with van der Waals surface area (Å²) in [5.41, 5.74) is 4.67. The molecule has 0 aliphatic carbocycles. The molecule has 0 bridgehead atoms. The Morgan fingerprint density at radius 1 is 1.48 bits per heavy atom. The fourth-order valence-electron chi connectivity index (χ4n) is 2.53. The summed E-state index contributed by atoms with van der Waals surface area (Å²) in [5.74, 6) is 0. The van der Waals surface area contributed by atoms with Gasteiger partial charge in [-0.05, 0) is 40.3 Å². The lowest BCUT2D eigenvalue weighted by Gasteiger charge is -2.29. The molecule has 1 N–H and O–H groups in total. The van der Waals surface area contributed by atoms with Crippen molar-refractivity contribution in [3.63, 3.8) is 0 Å². The normalized spacial score (nSPS) is 15.8. The number of rotatable bonds is 5. The highest BCUT2D eigenvalue weighted by Crippen LogP contribution is 2.12. The molecule has 0 amide bonds. The molecule has 9 heteroatoms. The van der Waals surface area contributed by atoms with E-state index in [-0.39, 0.29) is 0 Å². The van der Waals surface area contributed by atoms with Gasteiger partial charge in [-0.1, -0.05) is 0 Å². The van der Waals surface area contributed by atoms with Gasteiger partial charge in [0.2, 0.25) is 0 Å². The van der Waals surface area contributed by atoms with E-state index in [1.165, 1.54) is 0 Å². The highest BCUT2D eigenvalue weighted by Gasteiger charge is 2.11. The van der Waals surface area contributed by atoms with Crippen LogP contribution in [0.25, 0.3) is 5.65 Å². The minimum atomic E-state index is 0.597. The van der Waals surface area contributed by atoms with Crippen LogP contribution >= 0.6 is 28.1 Å². The Morgan fingerprint density at radius 2 is 2.28 bits per heavy atom. The van der Waals surface area contributed by atoms with Gasteiger partial charge >= 0.3 is 0 Å². The first-order chi connectivity index (χ1) is 12.1. The van der Waals surface area contributed by atoms with Crippen LogP contribution < -0.4 is 5.43 Å². The Hall–Kier alpha value is -1.55. The summed E-state index contributed by atoms with van der Waals surface area (Å²) in [6.07, 6.45) is 5.45. The van der Waals surface area contributed by atoms with Crippen molar-refractivity contribution >= 4 is 45.1 Å². The highest BCUT2D eigenvalue weighted by atomic mass is 79.9. The summed E-state index contributed by atoms with van der Waals surface area (Å²) in [5, 5.41) is 4.84. The molecule has 1 fully saturated rings. The molecule has 0 aromatic carbocycles. The molecule has 0 unspecified atom stereocenters. The first-order valence-corrected chi connectivity index (χ1v) is 9.30. The summed E-state index contributed by atoms with van der Waals surface area (Å²) in [7, 11) is 1.97. The van der Waals surface area contributed by atoms with Crippen LogP contribution in [0.15, 0.2) is 34.1 Å². The SMILES string of the molecule is CN(CCN1CCOCC1)C(=S)NN=Cc1cnc2ccc(Br)cn12. The van der Waals surface area contributed by atoms with Gasteiger partial charge in [-0.15, -0.1) is 0 Å². The maximum absolute atomic E-state index is 5.38. The number of nitrogens with one attached hydrogen (secondary N) is 1. The number of aromatic nitrogens is 2. The molecule has 3 heterocycles. The minimum absolute atomic E-state index is 0.597. The van der Waals surface area contributed by atoms with Crippen LogP contribution in [-0.4, -0.2) is 77.0 Å². The van der Waals surface area contributed by atoms with Crippen molar-refractivity contribution < 1.29 is 4.74 Å². The van der Waals surface area contributed by atoms with Crippen molar-refractivity contribution in [2.75, 3.05) is 46.4 Å². The van der Waals surface area contributed by atoms with Crippen LogP contribution in [0.5, 0.6) is 0 Å². The average Bonchev–Trinajstić information content (AvgIpc) is 3.02. The van der Waals surface area contributed by atoms with E-state index < -0.39 is 0 Å². The van der Waals surface area contributed by atoms with Crippen LogP contribution in [0.1, 0.15) is 5.69 Å². The molecule has 3 rings (SSSR count). The topological polar surface area (TPSA) is 57.4 Å². The molecular formula is C16H21BrN6OS. The van der Waals surface area contributed by atoms with Crippen LogP contribution in [0.4, 0.5) is 0 Å². The van der Waals surface area contributed by atoms with Gasteiger partial charge in [0.1, 0.15) is 5.65 Å². The first kappa shape index (κ1) is 18.2.